The molecule has 5 heteroatoms. The Bertz CT molecular complexity index is 807. The molecule has 5 nitrogen and oxygen atoms in total. The molecule has 0 radical (unpaired) electrons. The molecule has 1 unspecified atom stereocenters. The van der Waals surface area contributed by atoms with Gasteiger partial charge < -0.3 is 0 Å². The Hall–Kier alpha value is -3.00. The van der Waals surface area contributed by atoms with Crippen molar-refractivity contribution in [3.8, 4) is 6.07 Å². The highest BCUT2D eigenvalue weighted by Crippen LogP contribution is 2.36. The molecular weight excluding hydrogens is 276 g/mol. The number of carbonyl (C=O) groups is 1. The second-order valence-corrected chi connectivity index (χ2v) is 5.32. The molecule has 0 N–H and O–H groups in total. The Morgan fingerprint density at radius 2 is 1.91 bits per heavy atom. The predicted molar refractivity (Wildman–Crippen MR) is 83.0 cm³/mol. The van der Waals surface area contributed by atoms with Crippen LogP contribution < -0.4 is 4.90 Å². The van der Waals surface area contributed by atoms with E-state index in [1.54, 1.807) is 43.5 Å². The number of allylic oxidation sites excluding steroid dienone is 1. The standard InChI is InChI=1S/C17H14N4O/c1-12-10-17(2,11-18)21(15-14(12)19-8-9-20-15)16(22)13-6-4-3-5-7-13/h3-10H,1-2H3. The lowest BCUT2D eigenvalue weighted by molar-refractivity contribution is 0.0974. The lowest BCUT2D eigenvalue weighted by Crippen LogP contribution is -2.50. The summed E-state index contributed by atoms with van der Waals surface area (Å²) in [6.45, 7) is 3.57. The number of nitriles is 1. The first kappa shape index (κ1) is 14.0. The summed E-state index contributed by atoms with van der Waals surface area (Å²) in [5.74, 6) is 0.149. The van der Waals surface area contributed by atoms with Crippen LogP contribution in [0.1, 0.15) is 29.9 Å². The number of fused-ring (bicyclic) bond motifs is 1. The van der Waals surface area contributed by atoms with Crippen molar-refractivity contribution in [3.05, 3.63) is 60.1 Å². The van der Waals surface area contributed by atoms with Crippen LogP contribution in [0.15, 0.2) is 48.8 Å². The molecule has 1 atom stereocenters. The lowest BCUT2D eigenvalue weighted by Gasteiger charge is -2.37. The van der Waals surface area contributed by atoms with Crippen LogP contribution in [0.25, 0.3) is 5.57 Å². The molecule has 2 heterocycles. The van der Waals surface area contributed by atoms with E-state index in [0.717, 1.165) is 5.57 Å². The molecule has 0 aliphatic carbocycles. The second-order valence-electron chi connectivity index (χ2n) is 5.32. The summed E-state index contributed by atoms with van der Waals surface area (Å²) in [5.41, 5.74) is 0.873. The monoisotopic (exact) mass is 290 g/mol. The van der Waals surface area contributed by atoms with Gasteiger partial charge >= 0.3 is 0 Å². The fourth-order valence-electron chi connectivity index (χ4n) is 2.65. The van der Waals surface area contributed by atoms with Crippen molar-refractivity contribution in [1.29, 1.82) is 5.26 Å². The van der Waals surface area contributed by atoms with Crippen LogP contribution in [0, 0.1) is 11.3 Å². The second kappa shape index (κ2) is 5.08. The third-order valence-electron chi connectivity index (χ3n) is 3.68. The summed E-state index contributed by atoms with van der Waals surface area (Å²) < 4.78 is 0. The Labute approximate surface area is 128 Å². The third kappa shape index (κ3) is 2.06. The van der Waals surface area contributed by atoms with E-state index >= 15 is 0 Å². The SMILES string of the molecule is CC1=CC(C)(C#N)N(C(=O)c2ccccc2)c2nccnc21. The number of amides is 1. The van der Waals surface area contributed by atoms with Gasteiger partial charge in [-0.1, -0.05) is 18.2 Å². The van der Waals surface area contributed by atoms with Gasteiger partial charge in [0.1, 0.15) is 5.69 Å². The maximum Gasteiger partial charge on any atom is 0.261 e. The van der Waals surface area contributed by atoms with Crippen LogP contribution >= 0.6 is 0 Å². The highest BCUT2D eigenvalue weighted by Gasteiger charge is 2.41. The van der Waals surface area contributed by atoms with Gasteiger partial charge in [-0.2, -0.15) is 5.26 Å². The Morgan fingerprint density at radius 1 is 1.23 bits per heavy atom. The van der Waals surface area contributed by atoms with Crippen molar-refractivity contribution in [3.63, 3.8) is 0 Å². The molecule has 0 spiro atoms. The average molecular weight is 290 g/mol. The van der Waals surface area contributed by atoms with Gasteiger partial charge in [-0.05, 0) is 37.6 Å². The van der Waals surface area contributed by atoms with Gasteiger partial charge in [-0.15, -0.1) is 0 Å². The zero-order valence-corrected chi connectivity index (χ0v) is 12.3. The van der Waals surface area contributed by atoms with E-state index in [1.807, 2.05) is 13.0 Å². The minimum atomic E-state index is -1.10. The van der Waals surface area contributed by atoms with Gasteiger partial charge in [0.25, 0.3) is 5.91 Å². The molecule has 0 bridgehead atoms. The molecule has 0 saturated carbocycles. The van der Waals surface area contributed by atoms with Gasteiger partial charge in [0.15, 0.2) is 11.4 Å². The van der Waals surface area contributed by atoms with E-state index in [1.165, 1.54) is 11.1 Å². The van der Waals surface area contributed by atoms with E-state index < -0.39 is 5.54 Å². The number of rotatable bonds is 1. The first-order valence-electron chi connectivity index (χ1n) is 6.88. The predicted octanol–water partition coefficient (Wildman–Crippen LogP) is 2.82. The lowest BCUT2D eigenvalue weighted by atomic mass is 9.91. The molecule has 1 aliphatic heterocycles. The van der Waals surface area contributed by atoms with Crippen molar-refractivity contribution in [2.75, 3.05) is 4.90 Å². The quantitative estimate of drug-likeness (QED) is 0.809. The molecule has 0 fully saturated rings. The van der Waals surface area contributed by atoms with Gasteiger partial charge in [0, 0.05) is 18.0 Å². The molecule has 22 heavy (non-hydrogen) atoms. The van der Waals surface area contributed by atoms with E-state index in [4.69, 9.17) is 0 Å². The zero-order valence-electron chi connectivity index (χ0n) is 12.3. The summed E-state index contributed by atoms with van der Waals surface area (Å²) >= 11 is 0. The molecule has 1 aromatic carbocycles. The normalized spacial score (nSPS) is 19.9. The summed E-state index contributed by atoms with van der Waals surface area (Å²) in [4.78, 5) is 22.9. The third-order valence-corrected chi connectivity index (χ3v) is 3.68. The van der Waals surface area contributed by atoms with Crippen LogP contribution in [0.5, 0.6) is 0 Å². The Morgan fingerprint density at radius 3 is 2.59 bits per heavy atom. The molecular formula is C17H14N4O. The Kier molecular flexibility index (Phi) is 3.22. The van der Waals surface area contributed by atoms with Crippen LogP contribution in [0.2, 0.25) is 0 Å². The van der Waals surface area contributed by atoms with Crippen molar-refractivity contribution in [2.45, 2.75) is 19.4 Å². The number of nitrogens with zero attached hydrogens (tertiary/aromatic N) is 4. The highest BCUT2D eigenvalue weighted by atomic mass is 16.2. The smallest absolute Gasteiger partial charge is 0.261 e. The number of aromatic nitrogens is 2. The molecule has 2 aromatic rings. The maximum atomic E-state index is 12.9. The molecule has 3 rings (SSSR count). The molecule has 108 valence electrons. The number of hydrogen-bond acceptors (Lipinski definition) is 4. The van der Waals surface area contributed by atoms with Crippen LogP contribution in [-0.4, -0.2) is 21.4 Å². The summed E-state index contributed by atoms with van der Waals surface area (Å²) in [6.07, 6.45) is 4.86. The average Bonchev–Trinajstić information content (AvgIpc) is 2.55. The molecule has 1 amide bonds. The molecule has 1 aliphatic rings. The van der Waals surface area contributed by atoms with E-state index in [0.29, 0.717) is 17.1 Å². The van der Waals surface area contributed by atoms with Crippen molar-refractivity contribution >= 4 is 17.3 Å². The number of benzene rings is 1. The first-order valence-corrected chi connectivity index (χ1v) is 6.88. The fourth-order valence-corrected chi connectivity index (χ4v) is 2.65. The Balaban J connectivity index is 2.20. The summed E-state index contributed by atoms with van der Waals surface area (Å²) in [7, 11) is 0. The van der Waals surface area contributed by atoms with Crippen molar-refractivity contribution < 1.29 is 4.79 Å². The molecule has 1 aromatic heterocycles. The van der Waals surface area contributed by atoms with Crippen LogP contribution in [0.4, 0.5) is 5.82 Å². The van der Waals surface area contributed by atoms with Crippen LogP contribution in [0.3, 0.4) is 0 Å². The van der Waals surface area contributed by atoms with Crippen molar-refractivity contribution in [1.82, 2.24) is 9.97 Å². The van der Waals surface area contributed by atoms with E-state index in [-0.39, 0.29) is 5.91 Å². The fraction of sp³-hybridized carbons (Fsp3) is 0.176. The zero-order chi connectivity index (χ0) is 15.7. The minimum Gasteiger partial charge on any atom is -0.269 e. The van der Waals surface area contributed by atoms with Gasteiger partial charge in [0.2, 0.25) is 0 Å². The van der Waals surface area contributed by atoms with Gasteiger partial charge in [-0.3, -0.25) is 14.7 Å². The number of anilines is 1. The van der Waals surface area contributed by atoms with E-state index in [2.05, 4.69) is 16.0 Å². The first-order chi connectivity index (χ1) is 10.6. The van der Waals surface area contributed by atoms with Gasteiger partial charge in [-0.25, -0.2) is 4.98 Å². The summed E-state index contributed by atoms with van der Waals surface area (Å²) in [5, 5.41) is 9.62. The van der Waals surface area contributed by atoms with Gasteiger partial charge in [0.05, 0.1) is 6.07 Å². The largest absolute Gasteiger partial charge is 0.269 e. The number of hydrogen-bond donors (Lipinski definition) is 0. The van der Waals surface area contributed by atoms with E-state index in [9.17, 15) is 10.1 Å². The summed E-state index contributed by atoms with van der Waals surface area (Å²) in [6, 6.07) is 11.1. The van der Waals surface area contributed by atoms with Crippen LogP contribution in [-0.2, 0) is 0 Å². The maximum absolute atomic E-state index is 12.9. The molecule has 0 saturated heterocycles. The number of carbonyl (C=O) groups excluding carboxylic acids is 1. The van der Waals surface area contributed by atoms with Crippen molar-refractivity contribution in [2.24, 2.45) is 0 Å². The minimum absolute atomic E-state index is 0.268. The highest BCUT2D eigenvalue weighted by molar-refractivity contribution is 6.09. The topological polar surface area (TPSA) is 69.9 Å².